The van der Waals surface area contributed by atoms with Crippen LogP contribution in [0, 0.1) is 0 Å². The first-order chi connectivity index (χ1) is 8.78. The molecular weight excluding hydrogens is 228 g/mol. The van der Waals surface area contributed by atoms with Gasteiger partial charge in [-0.15, -0.1) is 0 Å². The van der Waals surface area contributed by atoms with E-state index in [1.165, 1.54) is 5.56 Å². The second kappa shape index (κ2) is 6.40. The number of rotatable bonds is 6. The number of carbonyl (C=O) groups excluding carboxylic acids is 1. The van der Waals surface area contributed by atoms with Gasteiger partial charge in [-0.1, -0.05) is 19.1 Å². The highest BCUT2D eigenvalue weighted by molar-refractivity contribution is 5.78. The zero-order valence-corrected chi connectivity index (χ0v) is 10.7. The molecule has 4 heteroatoms. The Morgan fingerprint density at radius 3 is 2.78 bits per heavy atom. The van der Waals surface area contributed by atoms with Crippen LogP contribution in [0.15, 0.2) is 24.3 Å². The van der Waals surface area contributed by atoms with Gasteiger partial charge in [0.15, 0.2) is 0 Å². The Morgan fingerprint density at radius 2 is 2.17 bits per heavy atom. The molecule has 1 aromatic rings. The molecule has 1 unspecified atom stereocenters. The first-order valence-electron chi connectivity index (χ1n) is 6.49. The average molecular weight is 248 g/mol. The minimum atomic E-state index is 0.135. The Morgan fingerprint density at radius 1 is 1.39 bits per heavy atom. The summed E-state index contributed by atoms with van der Waals surface area (Å²) in [5.41, 5.74) is 1.21. The average Bonchev–Trinajstić information content (AvgIpc) is 2.81. The van der Waals surface area contributed by atoms with E-state index < -0.39 is 0 Å². The van der Waals surface area contributed by atoms with Gasteiger partial charge in [-0.3, -0.25) is 4.79 Å². The summed E-state index contributed by atoms with van der Waals surface area (Å²) in [6.45, 7) is 4.37. The predicted molar refractivity (Wildman–Crippen MR) is 70.5 cm³/mol. The molecule has 1 aliphatic heterocycles. The van der Waals surface area contributed by atoms with Crippen molar-refractivity contribution in [2.24, 2.45) is 0 Å². The van der Waals surface area contributed by atoms with Gasteiger partial charge in [0.05, 0.1) is 6.61 Å². The fraction of sp³-hybridized carbons (Fsp3) is 0.500. The second-order valence-electron chi connectivity index (χ2n) is 4.58. The lowest BCUT2D eigenvalue weighted by atomic mass is 10.2. The third-order valence-electron chi connectivity index (χ3n) is 2.97. The van der Waals surface area contributed by atoms with Gasteiger partial charge in [0.25, 0.3) is 0 Å². The number of carbonyl (C=O) groups is 1. The molecule has 1 aromatic carbocycles. The quantitative estimate of drug-likeness (QED) is 0.801. The van der Waals surface area contributed by atoms with Crippen LogP contribution in [-0.4, -0.2) is 25.1 Å². The number of hydrogen-bond donors (Lipinski definition) is 2. The molecule has 1 atom stereocenters. The summed E-state index contributed by atoms with van der Waals surface area (Å²) in [5.74, 6) is 1.05. The Labute approximate surface area is 108 Å². The summed E-state index contributed by atoms with van der Waals surface area (Å²) in [4.78, 5) is 11.0. The third kappa shape index (κ3) is 3.74. The largest absolute Gasteiger partial charge is 0.494 e. The van der Waals surface area contributed by atoms with Crippen LogP contribution in [0.1, 0.15) is 25.3 Å². The Kier molecular flexibility index (Phi) is 4.59. The van der Waals surface area contributed by atoms with Crippen LogP contribution in [-0.2, 0) is 11.3 Å². The molecule has 0 aliphatic carbocycles. The number of benzene rings is 1. The van der Waals surface area contributed by atoms with Gasteiger partial charge in [0.2, 0.25) is 5.91 Å². The standard InChI is InChI=1S/C14H20N2O2/c1-2-7-18-13-5-3-11(4-6-13)9-15-12-8-14(17)16-10-12/h3-6,12,15H,2,7-10H2,1H3,(H,16,17). The van der Waals surface area contributed by atoms with E-state index in [-0.39, 0.29) is 11.9 Å². The van der Waals surface area contributed by atoms with E-state index in [0.29, 0.717) is 6.42 Å². The Bertz CT molecular complexity index is 389. The van der Waals surface area contributed by atoms with Crippen molar-refractivity contribution < 1.29 is 9.53 Å². The lowest BCUT2D eigenvalue weighted by Crippen LogP contribution is -2.30. The van der Waals surface area contributed by atoms with Gasteiger partial charge < -0.3 is 15.4 Å². The molecule has 98 valence electrons. The first-order valence-corrected chi connectivity index (χ1v) is 6.49. The van der Waals surface area contributed by atoms with Gasteiger partial charge >= 0.3 is 0 Å². The maximum absolute atomic E-state index is 11.0. The minimum absolute atomic E-state index is 0.135. The lowest BCUT2D eigenvalue weighted by Gasteiger charge is -2.11. The molecular formula is C14H20N2O2. The van der Waals surface area contributed by atoms with E-state index in [9.17, 15) is 4.79 Å². The molecule has 1 amide bonds. The smallest absolute Gasteiger partial charge is 0.221 e. The molecule has 0 bridgehead atoms. The monoisotopic (exact) mass is 248 g/mol. The molecule has 4 nitrogen and oxygen atoms in total. The molecule has 0 aromatic heterocycles. The van der Waals surface area contributed by atoms with Gasteiger partial charge in [-0.05, 0) is 24.1 Å². The van der Waals surface area contributed by atoms with Crippen molar-refractivity contribution in [1.82, 2.24) is 10.6 Å². The van der Waals surface area contributed by atoms with E-state index in [1.54, 1.807) is 0 Å². The van der Waals surface area contributed by atoms with Crippen LogP contribution in [0.5, 0.6) is 5.75 Å². The molecule has 2 N–H and O–H groups in total. The molecule has 0 radical (unpaired) electrons. The number of hydrogen-bond acceptors (Lipinski definition) is 3. The topological polar surface area (TPSA) is 50.4 Å². The SMILES string of the molecule is CCCOc1ccc(CNC2CNC(=O)C2)cc1. The molecule has 0 saturated carbocycles. The number of amides is 1. The minimum Gasteiger partial charge on any atom is -0.494 e. The number of ether oxygens (including phenoxy) is 1. The van der Waals surface area contributed by atoms with Crippen molar-refractivity contribution >= 4 is 5.91 Å². The molecule has 1 saturated heterocycles. The van der Waals surface area contributed by atoms with Crippen molar-refractivity contribution in [3.05, 3.63) is 29.8 Å². The summed E-state index contributed by atoms with van der Waals surface area (Å²) in [6, 6.07) is 8.35. The fourth-order valence-electron chi connectivity index (χ4n) is 1.94. The summed E-state index contributed by atoms with van der Waals surface area (Å²) < 4.78 is 5.53. The molecule has 18 heavy (non-hydrogen) atoms. The highest BCUT2D eigenvalue weighted by atomic mass is 16.5. The van der Waals surface area contributed by atoms with Gasteiger partial charge in [0.1, 0.15) is 5.75 Å². The molecule has 2 rings (SSSR count). The van der Waals surface area contributed by atoms with Crippen LogP contribution >= 0.6 is 0 Å². The molecule has 1 fully saturated rings. The zero-order chi connectivity index (χ0) is 12.8. The summed E-state index contributed by atoms with van der Waals surface area (Å²) >= 11 is 0. The highest BCUT2D eigenvalue weighted by Crippen LogP contribution is 2.12. The second-order valence-corrected chi connectivity index (χ2v) is 4.58. The first kappa shape index (κ1) is 12.9. The number of nitrogens with one attached hydrogen (secondary N) is 2. The summed E-state index contributed by atoms with van der Waals surface area (Å²) in [6.07, 6.45) is 1.60. The van der Waals surface area contributed by atoms with Crippen molar-refractivity contribution in [2.45, 2.75) is 32.4 Å². The van der Waals surface area contributed by atoms with Crippen LogP contribution in [0.3, 0.4) is 0 Å². The van der Waals surface area contributed by atoms with Crippen LogP contribution in [0.2, 0.25) is 0 Å². The normalized spacial score (nSPS) is 18.7. The molecule has 1 heterocycles. The maximum Gasteiger partial charge on any atom is 0.221 e. The van der Waals surface area contributed by atoms with Crippen LogP contribution < -0.4 is 15.4 Å². The Balaban J connectivity index is 1.77. The van der Waals surface area contributed by atoms with E-state index >= 15 is 0 Å². The van der Waals surface area contributed by atoms with Crippen molar-refractivity contribution in [3.63, 3.8) is 0 Å². The van der Waals surface area contributed by atoms with Gasteiger partial charge in [-0.2, -0.15) is 0 Å². The third-order valence-corrected chi connectivity index (χ3v) is 2.97. The van der Waals surface area contributed by atoms with Crippen LogP contribution in [0.25, 0.3) is 0 Å². The van der Waals surface area contributed by atoms with Crippen LogP contribution in [0.4, 0.5) is 0 Å². The van der Waals surface area contributed by atoms with E-state index in [1.807, 2.05) is 12.1 Å². The Hall–Kier alpha value is -1.55. The zero-order valence-electron chi connectivity index (χ0n) is 10.7. The molecule has 1 aliphatic rings. The molecule has 0 spiro atoms. The summed E-state index contributed by atoms with van der Waals surface area (Å²) in [7, 11) is 0. The van der Waals surface area contributed by atoms with Gasteiger partial charge in [0, 0.05) is 25.6 Å². The van der Waals surface area contributed by atoms with E-state index in [4.69, 9.17) is 4.74 Å². The predicted octanol–water partition coefficient (Wildman–Crippen LogP) is 1.45. The van der Waals surface area contributed by atoms with Crippen molar-refractivity contribution in [1.29, 1.82) is 0 Å². The van der Waals surface area contributed by atoms with E-state index in [0.717, 1.165) is 31.9 Å². The lowest BCUT2D eigenvalue weighted by molar-refractivity contribution is -0.119. The maximum atomic E-state index is 11.0. The van der Waals surface area contributed by atoms with Gasteiger partial charge in [-0.25, -0.2) is 0 Å². The van der Waals surface area contributed by atoms with Crippen molar-refractivity contribution in [2.75, 3.05) is 13.2 Å². The fourth-order valence-corrected chi connectivity index (χ4v) is 1.94. The summed E-state index contributed by atoms with van der Waals surface area (Å²) in [5, 5.41) is 6.18. The van der Waals surface area contributed by atoms with Crippen molar-refractivity contribution in [3.8, 4) is 5.75 Å². The van der Waals surface area contributed by atoms with E-state index in [2.05, 4.69) is 29.7 Å². The highest BCUT2D eigenvalue weighted by Gasteiger charge is 2.20.